The zero-order valence-corrected chi connectivity index (χ0v) is 11.9. The third-order valence-corrected chi connectivity index (χ3v) is 6.29. The van der Waals surface area contributed by atoms with E-state index in [0.29, 0.717) is 6.42 Å². The molecule has 2 aliphatic carbocycles. The van der Waals surface area contributed by atoms with E-state index in [4.69, 9.17) is 9.47 Å². The zero-order chi connectivity index (χ0) is 14.4. The van der Waals surface area contributed by atoms with Crippen molar-refractivity contribution in [2.45, 2.75) is 45.5 Å². The minimum absolute atomic E-state index is 0.00671. The highest BCUT2D eigenvalue weighted by molar-refractivity contribution is 5.82. The van der Waals surface area contributed by atoms with Gasteiger partial charge in [0, 0.05) is 17.3 Å². The number of esters is 2. The van der Waals surface area contributed by atoms with E-state index in [1.807, 2.05) is 20.8 Å². The van der Waals surface area contributed by atoms with E-state index in [9.17, 15) is 14.7 Å². The maximum Gasteiger partial charge on any atom is 0.310 e. The molecule has 4 aliphatic rings. The fourth-order valence-electron chi connectivity index (χ4n) is 5.51. The van der Waals surface area contributed by atoms with Crippen LogP contribution < -0.4 is 0 Å². The van der Waals surface area contributed by atoms with Crippen molar-refractivity contribution >= 4 is 11.9 Å². The van der Waals surface area contributed by atoms with Gasteiger partial charge in [-0.15, -0.1) is 0 Å². The molecule has 0 aromatic carbocycles. The normalized spacial score (nSPS) is 56.0. The quantitative estimate of drug-likeness (QED) is 0.717. The molecule has 110 valence electrons. The number of carbonyl (C=O) groups is 2. The van der Waals surface area contributed by atoms with Crippen LogP contribution in [0.25, 0.3) is 0 Å². The highest BCUT2D eigenvalue weighted by atomic mass is 16.6. The Bertz CT molecular complexity index is 498. The fraction of sp³-hybridized carbons (Fsp3) is 0.867. The van der Waals surface area contributed by atoms with E-state index in [-0.39, 0.29) is 47.6 Å². The molecule has 2 heterocycles. The fourth-order valence-corrected chi connectivity index (χ4v) is 5.51. The Morgan fingerprint density at radius 2 is 1.95 bits per heavy atom. The third-order valence-electron chi connectivity index (χ3n) is 6.29. The lowest BCUT2D eigenvalue weighted by Gasteiger charge is -2.48. The van der Waals surface area contributed by atoms with E-state index < -0.39 is 17.6 Å². The van der Waals surface area contributed by atoms with Crippen molar-refractivity contribution in [1.29, 1.82) is 0 Å². The molecular formula is C15H20O5. The number of aliphatic hydroxyl groups excluding tert-OH is 1. The highest BCUT2D eigenvalue weighted by Crippen LogP contribution is 2.66. The predicted molar refractivity (Wildman–Crippen MR) is 67.3 cm³/mol. The van der Waals surface area contributed by atoms with Gasteiger partial charge in [0.1, 0.15) is 12.2 Å². The molecule has 0 radical (unpaired) electrons. The summed E-state index contributed by atoms with van der Waals surface area (Å²) in [5.74, 6) is -1.01. The Morgan fingerprint density at radius 3 is 2.60 bits per heavy atom. The van der Waals surface area contributed by atoms with Crippen LogP contribution in [0.3, 0.4) is 0 Å². The summed E-state index contributed by atoms with van der Waals surface area (Å²) in [6.45, 7) is 5.99. The van der Waals surface area contributed by atoms with Crippen LogP contribution in [0.1, 0.15) is 27.2 Å². The second-order valence-electron chi connectivity index (χ2n) is 7.35. The van der Waals surface area contributed by atoms with Gasteiger partial charge in [0.15, 0.2) is 0 Å². The maximum absolute atomic E-state index is 12.3. The first kappa shape index (κ1) is 12.6. The summed E-state index contributed by atoms with van der Waals surface area (Å²) >= 11 is 0. The minimum atomic E-state index is -0.778. The summed E-state index contributed by atoms with van der Waals surface area (Å²) in [5.41, 5.74) is -0.455. The molecule has 1 N–H and O–H groups in total. The van der Waals surface area contributed by atoms with Gasteiger partial charge in [0.05, 0.1) is 17.9 Å². The molecule has 5 heteroatoms. The molecular weight excluding hydrogens is 260 g/mol. The Balaban J connectivity index is 1.87. The molecule has 0 spiro atoms. The molecule has 0 aromatic rings. The van der Waals surface area contributed by atoms with Gasteiger partial charge >= 0.3 is 11.9 Å². The lowest BCUT2D eigenvalue weighted by atomic mass is 9.55. The molecule has 5 nitrogen and oxygen atoms in total. The minimum Gasteiger partial charge on any atom is -0.462 e. The molecule has 2 unspecified atom stereocenters. The van der Waals surface area contributed by atoms with Gasteiger partial charge in [-0.1, -0.05) is 20.8 Å². The first-order valence-corrected chi connectivity index (χ1v) is 7.46. The number of hydrogen-bond donors (Lipinski definition) is 1. The largest absolute Gasteiger partial charge is 0.462 e. The van der Waals surface area contributed by atoms with Crippen LogP contribution in [0.15, 0.2) is 0 Å². The second kappa shape index (κ2) is 3.56. The van der Waals surface area contributed by atoms with E-state index >= 15 is 0 Å². The smallest absolute Gasteiger partial charge is 0.310 e. The second-order valence-corrected chi connectivity index (χ2v) is 7.35. The summed E-state index contributed by atoms with van der Waals surface area (Å²) in [4.78, 5) is 24.4. The number of rotatable bonds is 1. The summed E-state index contributed by atoms with van der Waals surface area (Å²) in [6.07, 6.45) is -0.893. The molecule has 20 heavy (non-hydrogen) atoms. The summed E-state index contributed by atoms with van der Waals surface area (Å²) in [5, 5.41) is 10.7. The monoisotopic (exact) mass is 280 g/mol. The van der Waals surface area contributed by atoms with E-state index in [2.05, 4.69) is 0 Å². The lowest BCUT2D eigenvalue weighted by molar-refractivity contribution is -0.170. The van der Waals surface area contributed by atoms with Crippen LogP contribution in [0.5, 0.6) is 0 Å². The van der Waals surface area contributed by atoms with Crippen LogP contribution >= 0.6 is 0 Å². The molecule has 2 aliphatic heterocycles. The van der Waals surface area contributed by atoms with Crippen molar-refractivity contribution in [3.05, 3.63) is 0 Å². The van der Waals surface area contributed by atoms with Crippen molar-refractivity contribution in [3.63, 3.8) is 0 Å². The zero-order valence-electron chi connectivity index (χ0n) is 11.9. The topological polar surface area (TPSA) is 72.8 Å². The summed E-state index contributed by atoms with van der Waals surface area (Å²) in [6, 6.07) is 0. The van der Waals surface area contributed by atoms with Crippen LogP contribution in [0, 0.1) is 35.0 Å². The Morgan fingerprint density at radius 1 is 1.25 bits per heavy atom. The van der Waals surface area contributed by atoms with Crippen molar-refractivity contribution in [1.82, 2.24) is 0 Å². The van der Waals surface area contributed by atoms with E-state index in [1.165, 1.54) is 0 Å². The van der Waals surface area contributed by atoms with Gasteiger partial charge < -0.3 is 14.6 Å². The van der Waals surface area contributed by atoms with Gasteiger partial charge in [-0.25, -0.2) is 0 Å². The van der Waals surface area contributed by atoms with Crippen LogP contribution in [-0.2, 0) is 19.1 Å². The average Bonchev–Trinajstić information content (AvgIpc) is 2.90. The highest BCUT2D eigenvalue weighted by Gasteiger charge is 2.76. The average molecular weight is 280 g/mol. The standard InChI is InChI=1S/C15H20O5/c1-5(2)8-9-10-7(19-14(9)18)4-6-13(17)20-12(11(8)16)15(6,10)3/h5-12,16H,4H2,1-3H3/t6-,7?,8+,9+,10?,11-,12-,15+/m1/s1. The lowest BCUT2D eigenvalue weighted by Crippen LogP contribution is -2.58. The summed E-state index contributed by atoms with van der Waals surface area (Å²) in [7, 11) is 0. The molecule has 0 aromatic heterocycles. The summed E-state index contributed by atoms with van der Waals surface area (Å²) < 4.78 is 11.0. The molecule has 4 rings (SSSR count). The number of ether oxygens (including phenoxy) is 2. The molecule has 0 bridgehead atoms. The first-order chi connectivity index (χ1) is 9.37. The molecule has 2 saturated carbocycles. The number of hydrogen-bond acceptors (Lipinski definition) is 5. The van der Waals surface area contributed by atoms with Crippen molar-refractivity contribution < 1.29 is 24.2 Å². The van der Waals surface area contributed by atoms with Gasteiger partial charge in [-0.3, -0.25) is 9.59 Å². The number of carbonyl (C=O) groups excluding carboxylic acids is 2. The molecule has 8 atom stereocenters. The Kier molecular flexibility index (Phi) is 2.25. The van der Waals surface area contributed by atoms with Gasteiger partial charge in [0.2, 0.25) is 0 Å². The van der Waals surface area contributed by atoms with Crippen LogP contribution in [0.4, 0.5) is 0 Å². The molecule has 4 fully saturated rings. The SMILES string of the molecule is CC(C)[C@@H]1[C@@H](O)[C@H]2OC(=O)[C@H]3CC4OC(=O)[C@@H]1C4[C@]32C. The van der Waals surface area contributed by atoms with Crippen LogP contribution in [0.2, 0.25) is 0 Å². The van der Waals surface area contributed by atoms with E-state index in [0.717, 1.165) is 0 Å². The van der Waals surface area contributed by atoms with Crippen molar-refractivity contribution in [2.75, 3.05) is 0 Å². The number of aliphatic hydroxyl groups is 1. The maximum atomic E-state index is 12.3. The molecule has 0 amide bonds. The Labute approximate surface area is 117 Å². The van der Waals surface area contributed by atoms with Crippen LogP contribution in [-0.4, -0.2) is 35.4 Å². The Hall–Kier alpha value is -1.10. The predicted octanol–water partition coefficient (Wildman–Crippen LogP) is 0.742. The molecule has 2 saturated heterocycles. The van der Waals surface area contributed by atoms with Crippen molar-refractivity contribution in [2.24, 2.45) is 35.0 Å². The van der Waals surface area contributed by atoms with E-state index in [1.54, 1.807) is 0 Å². The first-order valence-electron chi connectivity index (χ1n) is 7.46. The van der Waals surface area contributed by atoms with Gasteiger partial charge in [-0.05, 0) is 12.3 Å². The third kappa shape index (κ3) is 1.15. The van der Waals surface area contributed by atoms with Crippen molar-refractivity contribution in [3.8, 4) is 0 Å². The van der Waals surface area contributed by atoms with Gasteiger partial charge in [0.25, 0.3) is 0 Å². The van der Waals surface area contributed by atoms with Gasteiger partial charge in [-0.2, -0.15) is 0 Å².